The normalized spacial score (nSPS) is 23.2. The molecule has 1 unspecified atom stereocenters. The summed E-state index contributed by atoms with van der Waals surface area (Å²) in [4.78, 5) is 12.0. The van der Waals surface area contributed by atoms with Gasteiger partial charge in [-0.25, -0.2) is 0 Å². The van der Waals surface area contributed by atoms with Crippen molar-refractivity contribution in [2.45, 2.75) is 45.2 Å². The minimum absolute atomic E-state index is 0.0978. The van der Waals surface area contributed by atoms with E-state index in [2.05, 4.69) is 36.6 Å². The summed E-state index contributed by atoms with van der Waals surface area (Å²) in [5, 5.41) is 6.46. The Hall–Kier alpha value is -1.35. The zero-order valence-corrected chi connectivity index (χ0v) is 10.3. The van der Waals surface area contributed by atoms with Crippen LogP contribution in [0.2, 0.25) is 0 Å². The van der Waals surface area contributed by atoms with Crippen LogP contribution in [0.25, 0.3) is 0 Å². The Morgan fingerprint density at radius 3 is 2.71 bits per heavy atom. The molecule has 1 aliphatic carbocycles. The molecule has 1 aliphatic heterocycles. The van der Waals surface area contributed by atoms with Gasteiger partial charge in [-0.1, -0.05) is 24.1 Å². The summed E-state index contributed by atoms with van der Waals surface area (Å²) in [7, 11) is 0. The van der Waals surface area contributed by atoms with Gasteiger partial charge in [0.1, 0.15) is 6.04 Å². The first-order valence-corrected chi connectivity index (χ1v) is 6.33. The van der Waals surface area contributed by atoms with E-state index in [1.165, 1.54) is 24.8 Å². The Kier molecular flexibility index (Phi) is 2.44. The van der Waals surface area contributed by atoms with Crippen molar-refractivity contribution in [3.8, 4) is 0 Å². The monoisotopic (exact) mass is 230 g/mol. The first kappa shape index (κ1) is 10.8. The molecule has 3 heteroatoms. The van der Waals surface area contributed by atoms with Crippen LogP contribution >= 0.6 is 0 Å². The molecule has 2 aliphatic rings. The van der Waals surface area contributed by atoms with E-state index in [-0.39, 0.29) is 11.9 Å². The molecule has 3 nitrogen and oxygen atoms in total. The van der Waals surface area contributed by atoms with Gasteiger partial charge >= 0.3 is 0 Å². The quantitative estimate of drug-likeness (QED) is 0.819. The molecule has 1 fully saturated rings. The van der Waals surface area contributed by atoms with E-state index >= 15 is 0 Å². The molecule has 1 amide bonds. The van der Waals surface area contributed by atoms with Gasteiger partial charge < -0.3 is 5.32 Å². The number of hydrogen-bond acceptors (Lipinski definition) is 2. The number of aryl methyl sites for hydroxylation is 2. The number of amides is 1. The van der Waals surface area contributed by atoms with Gasteiger partial charge in [0.15, 0.2) is 0 Å². The lowest BCUT2D eigenvalue weighted by Gasteiger charge is -2.29. The molecule has 0 aromatic heterocycles. The van der Waals surface area contributed by atoms with Gasteiger partial charge in [-0.05, 0) is 32.3 Å². The predicted octanol–water partition coefficient (Wildman–Crippen LogP) is 2.44. The van der Waals surface area contributed by atoms with Crippen LogP contribution in [0.3, 0.4) is 0 Å². The SMILES string of the molecule is Cc1cc(C)c2c(c1)C(NC1CCC1)C(=O)N2. The largest absolute Gasteiger partial charge is 0.324 e. The molecule has 0 saturated heterocycles. The van der Waals surface area contributed by atoms with E-state index in [1.807, 2.05) is 0 Å². The standard InChI is InChI=1S/C14H18N2O/c1-8-6-9(2)12-11(7-8)13(14(17)16-12)15-10-4-3-5-10/h6-7,10,13,15H,3-5H2,1-2H3,(H,16,17). The molecule has 1 aromatic rings. The number of nitrogens with one attached hydrogen (secondary N) is 2. The van der Waals surface area contributed by atoms with Crippen LogP contribution in [0.1, 0.15) is 42.0 Å². The van der Waals surface area contributed by atoms with Gasteiger partial charge in [0, 0.05) is 17.3 Å². The summed E-state index contributed by atoms with van der Waals surface area (Å²) in [6, 6.07) is 4.62. The summed E-state index contributed by atoms with van der Waals surface area (Å²) in [5.74, 6) is 0.0978. The maximum Gasteiger partial charge on any atom is 0.246 e. The fraction of sp³-hybridized carbons (Fsp3) is 0.500. The van der Waals surface area contributed by atoms with Crippen molar-refractivity contribution in [3.05, 3.63) is 28.8 Å². The van der Waals surface area contributed by atoms with E-state index in [0.29, 0.717) is 6.04 Å². The highest BCUT2D eigenvalue weighted by Crippen LogP contribution is 2.36. The number of carbonyl (C=O) groups is 1. The zero-order valence-electron chi connectivity index (χ0n) is 10.3. The highest BCUT2D eigenvalue weighted by Gasteiger charge is 2.34. The Morgan fingerprint density at radius 2 is 2.06 bits per heavy atom. The molecule has 1 saturated carbocycles. The Bertz CT molecular complexity index is 477. The van der Waals surface area contributed by atoms with Crippen molar-refractivity contribution < 1.29 is 4.79 Å². The van der Waals surface area contributed by atoms with E-state index in [0.717, 1.165) is 16.8 Å². The number of benzene rings is 1. The lowest BCUT2D eigenvalue weighted by molar-refractivity contribution is -0.118. The number of hydrogen-bond donors (Lipinski definition) is 2. The lowest BCUT2D eigenvalue weighted by Crippen LogP contribution is -2.40. The second-order valence-electron chi connectivity index (χ2n) is 5.26. The van der Waals surface area contributed by atoms with Crippen LogP contribution in [0.5, 0.6) is 0 Å². The molecule has 90 valence electrons. The fourth-order valence-corrected chi connectivity index (χ4v) is 2.71. The summed E-state index contributed by atoms with van der Waals surface area (Å²) in [6.07, 6.45) is 3.68. The first-order chi connectivity index (χ1) is 8.15. The third-order valence-corrected chi connectivity index (χ3v) is 3.84. The van der Waals surface area contributed by atoms with Gasteiger partial charge in [-0.2, -0.15) is 0 Å². The van der Waals surface area contributed by atoms with Gasteiger partial charge in [0.25, 0.3) is 0 Å². The Morgan fingerprint density at radius 1 is 1.29 bits per heavy atom. The van der Waals surface area contributed by atoms with E-state index in [1.54, 1.807) is 0 Å². The predicted molar refractivity (Wildman–Crippen MR) is 68.1 cm³/mol. The lowest BCUT2D eigenvalue weighted by atomic mass is 9.91. The smallest absolute Gasteiger partial charge is 0.246 e. The first-order valence-electron chi connectivity index (χ1n) is 6.33. The van der Waals surface area contributed by atoms with Crippen LogP contribution in [0, 0.1) is 13.8 Å². The van der Waals surface area contributed by atoms with E-state index in [4.69, 9.17) is 0 Å². The minimum atomic E-state index is -0.145. The third kappa shape index (κ3) is 1.75. The average molecular weight is 230 g/mol. The van der Waals surface area contributed by atoms with Crippen LogP contribution < -0.4 is 10.6 Å². The molecule has 3 rings (SSSR count). The van der Waals surface area contributed by atoms with Gasteiger partial charge in [0.2, 0.25) is 5.91 Å². The molecule has 1 atom stereocenters. The number of rotatable bonds is 2. The van der Waals surface area contributed by atoms with E-state index < -0.39 is 0 Å². The zero-order chi connectivity index (χ0) is 12.0. The average Bonchev–Trinajstić information content (AvgIpc) is 2.49. The van der Waals surface area contributed by atoms with Crippen molar-refractivity contribution >= 4 is 11.6 Å². The van der Waals surface area contributed by atoms with Crippen molar-refractivity contribution in [1.82, 2.24) is 5.32 Å². The van der Waals surface area contributed by atoms with Gasteiger partial charge in [-0.3, -0.25) is 10.1 Å². The van der Waals surface area contributed by atoms with Crippen molar-refractivity contribution in [2.75, 3.05) is 5.32 Å². The summed E-state index contributed by atoms with van der Waals surface area (Å²) in [6.45, 7) is 4.13. The highest BCUT2D eigenvalue weighted by atomic mass is 16.2. The van der Waals surface area contributed by atoms with E-state index in [9.17, 15) is 4.79 Å². The van der Waals surface area contributed by atoms with Crippen LogP contribution in [0.15, 0.2) is 12.1 Å². The molecular weight excluding hydrogens is 212 g/mol. The van der Waals surface area contributed by atoms with Crippen LogP contribution in [-0.2, 0) is 4.79 Å². The number of fused-ring (bicyclic) bond motifs is 1. The second kappa shape index (κ2) is 3.84. The van der Waals surface area contributed by atoms with Gasteiger partial charge in [-0.15, -0.1) is 0 Å². The van der Waals surface area contributed by atoms with Crippen LogP contribution in [-0.4, -0.2) is 11.9 Å². The number of carbonyl (C=O) groups excluding carboxylic acids is 1. The second-order valence-corrected chi connectivity index (χ2v) is 5.26. The molecule has 0 bridgehead atoms. The Labute approximate surface area is 102 Å². The Balaban J connectivity index is 1.94. The fourth-order valence-electron chi connectivity index (χ4n) is 2.71. The molecule has 1 heterocycles. The van der Waals surface area contributed by atoms with Crippen LogP contribution in [0.4, 0.5) is 5.69 Å². The summed E-state index contributed by atoms with van der Waals surface area (Å²) >= 11 is 0. The van der Waals surface area contributed by atoms with Crippen molar-refractivity contribution in [3.63, 3.8) is 0 Å². The molecular formula is C14H18N2O. The maximum absolute atomic E-state index is 12.0. The molecule has 1 aromatic carbocycles. The van der Waals surface area contributed by atoms with Gasteiger partial charge in [0.05, 0.1) is 0 Å². The van der Waals surface area contributed by atoms with Crippen molar-refractivity contribution in [1.29, 1.82) is 0 Å². The summed E-state index contributed by atoms with van der Waals surface area (Å²) in [5.41, 5.74) is 4.52. The highest BCUT2D eigenvalue weighted by molar-refractivity contribution is 6.03. The van der Waals surface area contributed by atoms with Crippen molar-refractivity contribution in [2.24, 2.45) is 0 Å². The maximum atomic E-state index is 12.0. The molecule has 17 heavy (non-hydrogen) atoms. The topological polar surface area (TPSA) is 41.1 Å². The summed E-state index contributed by atoms with van der Waals surface area (Å²) < 4.78 is 0. The number of anilines is 1. The minimum Gasteiger partial charge on any atom is -0.324 e. The molecule has 0 radical (unpaired) electrons. The molecule has 2 N–H and O–H groups in total. The molecule has 0 spiro atoms. The third-order valence-electron chi connectivity index (χ3n) is 3.84.